The van der Waals surface area contributed by atoms with Crippen molar-refractivity contribution in [3.8, 4) is 11.4 Å². The molecule has 0 saturated carbocycles. The first-order valence-corrected chi connectivity index (χ1v) is 12.4. The van der Waals surface area contributed by atoms with E-state index in [4.69, 9.17) is 5.14 Å². The summed E-state index contributed by atoms with van der Waals surface area (Å²) >= 11 is 0. The predicted octanol–water partition coefficient (Wildman–Crippen LogP) is 1.12. The third kappa shape index (κ3) is 8.17. The number of benzene rings is 3. The smallest absolute Gasteiger partial charge is 0.560 e. The van der Waals surface area contributed by atoms with Crippen LogP contribution in [0.15, 0.2) is 88.7 Å². The molecule has 0 saturated heterocycles. The Morgan fingerprint density at radius 3 is 2.00 bits per heavy atom. The molecular weight excluding hydrogens is 548 g/mol. The minimum Gasteiger partial charge on any atom is -0.560 e. The van der Waals surface area contributed by atoms with E-state index in [1.54, 1.807) is 24.3 Å². The summed E-state index contributed by atoms with van der Waals surface area (Å²) in [5, 5.41) is 19.7. The van der Waals surface area contributed by atoms with Crippen LogP contribution in [-0.2, 0) is 26.2 Å². The number of alkyl halides is 3. The second kappa shape index (κ2) is 12.4. The maximum absolute atomic E-state index is 13.0. The summed E-state index contributed by atoms with van der Waals surface area (Å²) in [6.45, 7) is 0. The molecule has 0 aliphatic heterocycles. The van der Waals surface area contributed by atoms with E-state index in [1.807, 2.05) is 4.72 Å². The standard InChI is InChI=1S/C14H10F3N5O2S.C6H6NO2S.K/c15-14(16,17)11-6-1-2-7-12(11)20-25(23,24)10-5-3-4-9(8-10)13-18-21-22-19-13;7-10(8,9)6-4-2-1-3-5-6;/h1-8,20H,(H,18,19,21,22);1-5H,(H-,7,8,9);/q;-1;+1. The first-order chi connectivity index (χ1) is 16.4. The molecule has 3 N–H and O–H groups in total. The molecule has 4 rings (SSSR count). The van der Waals surface area contributed by atoms with Crippen molar-refractivity contribution in [2.45, 2.75) is 16.0 Å². The summed E-state index contributed by atoms with van der Waals surface area (Å²) in [7, 11) is -8.00. The molecule has 0 radical (unpaired) electrons. The average Bonchev–Trinajstić information content (AvgIpc) is 3.34. The van der Waals surface area contributed by atoms with Crippen LogP contribution in [0.4, 0.5) is 18.9 Å². The van der Waals surface area contributed by atoms with Gasteiger partial charge in [0.25, 0.3) is 10.0 Å². The number of anilines is 1. The maximum Gasteiger partial charge on any atom is 1.00 e. The summed E-state index contributed by atoms with van der Waals surface area (Å²) in [6.07, 6.45) is -4.69. The Bertz CT molecular complexity index is 1500. The van der Waals surface area contributed by atoms with Gasteiger partial charge in [-0.15, -0.1) is 10.2 Å². The predicted molar refractivity (Wildman–Crippen MR) is 120 cm³/mol. The Labute approximate surface area is 247 Å². The summed E-state index contributed by atoms with van der Waals surface area (Å²) < 4.78 is 86.9. The Kier molecular flexibility index (Phi) is 10.3. The number of halogens is 3. The van der Waals surface area contributed by atoms with Crippen LogP contribution in [0.25, 0.3) is 16.5 Å². The van der Waals surface area contributed by atoms with Crippen LogP contribution in [0.5, 0.6) is 0 Å². The third-order valence-corrected chi connectivity index (χ3v) is 6.53. The molecule has 0 fully saturated rings. The van der Waals surface area contributed by atoms with Gasteiger partial charge in [-0.25, -0.2) is 16.8 Å². The zero-order valence-corrected chi connectivity index (χ0v) is 23.2. The SMILES string of the molecule is O=S(=O)(Nc1ccccc1C(F)(F)F)c1cccc(-c2nn[nH]n2)c1.[K+].[NH-]S(=O)(=O)c1ccccc1. The molecule has 0 spiro atoms. The van der Waals surface area contributed by atoms with Crippen molar-refractivity contribution in [3.05, 3.63) is 89.6 Å². The van der Waals surface area contributed by atoms with E-state index in [9.17, 15) is 30.0 Å². The molecule has 10 nitrogen and oxygen atoms in total. The molecule has 36 heavy (non-hydrogen) atoms. The van der Waals surface area contributed by atoms with Crippen LogP contribution in [0.3, 0.4) is 0 Å². The summed E-state index contributed by atoms with van der Waals surface area (Å²) in [5.74, 6) is 0.160. The molecule has 16 heteroatoms. The molecule has 0 aliphatic rings. The van der Waals surface area contributed by atoms with Crippen molar-refractivity contribution >= 4 is 25.7 Å². The van der Waals surface area contributed by atoms with E-state index in [1.165, 1.54) is 42.5 Å². The number of hydrogen-bond acceptors (Lipinski definition) is 7. The molecule has 0 bridgehead atoms. The maximum atomic E-state index is 13.0. The van der Waals surface area contributed by atoms with Gasteiger partial charge in [-0.05, 0) is 41.6 Å². The number of nitrogens with zero attached hydrogens (tertiary/aromatic N) is 3. The van der Waals surface area contributed by atoms with Crippen LogP contribution in [0.1, 0.15) is 5.56 Å². The molecule has 4 aromatic rings. The van der Waals surface area contributed by atoms with Crippen LogP contribution >= 0.6 is 0 Å². The van der Waals surface area contributed by atoms with Gasteiger partial charge in [0.2, 0.25) is 5.82 Å². The van der Waals surface area contributed by atoms with E-state index in [-0.39, 0.29) is 67.0 Å². The zero-order chi connectivity index (χ0) is 25.7. The van der Waals surface area contributed by atoms with Crippen molar-refractivity contribution < 1.29 is 81.4 Å². The number of hydrogen-bond donors (Lipinski definition) is 2. The molecule has 1 heterocycles. The number of aromatic nitrogens is 4. The van der Waals surface area contributed by atoms with E-state index >= 15 is 0 Å². The normalized spacial score (nSPS) is 11.6. The van der Waals surface area contributed by atoms with E-state index < -0.39 is 37.5 Å². The van der Waals surface area contributed by atoms with Gasteiger partial charge in [0, 0.05) is 10.5 Å². The molecular formula is C20H16F3KN6O4S2. The van der Waals surface area contributed by atoms with Crippen molar-refractivity contribution in [1.29, 1.82) is 0 Å². The quantitative estimate of drug-likeness (QED) is 0.344. The Hall–Kier alpha value is -2.18. The van der Waals surface area contributed by atoms with Gasteiger partial charge in [-0.3, -0.25) is 4.72 Å². The number of H-pyrrole nitrogens is 1. The molecule has 0 amide bonds. The van der Waals surface area contributed by atoms with Gasteiger partial charge in [-0.2, -0.15) is 18.4 Å². The van der Waals surface area contributed by atoms with Crippen molar-refractivity contribution in [1.82, 2.24) is 20.6 Å². The van der Waals surface area contributed by atoms with Crippen molar-refractivity contribution in [2.24, 2.45) is 0 Å². The second-order valence-electron chi connectivity index (χ2n) is 6.73. The first-order valence-electron chi connectivity index (χ1n) is 9.45. The molecule has 0 unspecified atom stereocenters. The average molecular weight is 565 g/mol. The van der Waals surface area contributed by atoms with Crippen LogP contribution < -0.4 is 56.1 Å². The largest absolute Gasteiger partial charge is 1.00 e. The van der Waals surface area contributed by atoms with Gasteiger partial charge in [0.05, 0.1) is 26.2 Å². The molecule has 0 aliphatic carbocycles. The first kappa shape index (κ1) is 30.0. The summed E-state index contributed by atoms with van der Waals surface area (Å²) in [6, 6.07) is 17.5. The van der Waals surface area contributed by atoms with Crippen molar-refractivity contribution in [2.75, 3.05) is 4.72 Å². The minimum atomic E-state index is -4.69. The third-order valence-electron chi connectivity index (χ3n) is 4.28. The van der Waals surface area contributed by atoms with Crippen LogP contribution in [0, 0.1) is 0 Å². The van der Waals surface area contributed by atoms with E-state index in [0.29, 0.717) is 5.56 Å². The van der Waals surface area contributed by atoms with Gasteiger partial charge in [0.15, 0.2) is 0 Å². The monoisotopic (exact) mass is 564 g/mol. The number of tetrazole rings is 1. The Morgan fingerprint density at radius 2 is 1.44 bits per heavy atom. The molecule has 184 valence electrons. The molecule has 0 atom stereocenters. The number of nitrogens with one attached hydrogen (secondary N) is 3. The number of sulfonamides is 2. The van der Waals surface area contributed by atoms with Gasteiger partial charge in [-0.1, -0.05) is 42.5 Å². The number of rotatable bonds is 5. The van der Waals surface area contributed by atoms with E-state index in [0.717, 1.165) is 12.1 Å². The fraction of sp³-hybridized carbons (Fsp3) is 0.0500. The number of para-hydroxylation sites is 1. The van der Waals surface area contributed by atoms with Crippen LogP contribution in [0.2, 0.25) is 0 Å². The summed E-state index contributed by atoms with van der Waals surface area (Å²) in [4.78, 5) is -0.193. The van der Waals surface area contributed by atoms with Crippen molar-refractivity contribution in [3.63, 3.8) is 0 Å². The second-order valence-corrected chi connectivity index (χ2v) is 9.89. The fourth-order valence-electron chi connectivity index (χ4n) is 2.71. The Morgan fingerprint density at radius 1 is 0.833 bits per heavy atom. The fourth-order valence-corrected chi connectivity index (χ4v) is 4.35. The topological polar surface area (TPSA) is 159 Å². The zero-order valence-electron chi connectivity index (χ0n) is 18.4. The number of aromatic amines is 1. The minimum absolute atomic E-state index is 0. The van der Waals surface area contributed by atoms with Gasteiger partial charge >= 0.3 is 57.6 Å². The molecule has 3 aromatic carbocycles. The van der Waals surface area contributed by atoms with Crippen LogP contribution in [-0.4, -0.2) is 37.5 Å². The van der Waals surface area contributed by atoms with Gasteiger partial charge < -0.3 is 5.14 Å². The van der Waals surface area contributed by atoms with Gasteiger partial charge in [0.1, 0.15) is 0 Å². The summed E-state index contributed by atoms with van der Waals surface area (Å²) in [5.41, 5.74) is -1.28. The van der Waals surface area contributed by atoms with E-state index in [2.05, 4.69) is 20.6 Å². The molecule has 1 aromatic heterocycles. The Balaban J connectivity index is 0.000000350.